The number of hydrogen-bond acceptors (Lipinski definition) is 4. The monoisotopic (exact) mass is 282 g/mol. The Labute approximate surface area is 116 Å². The van der Waals surface area contributed by atoms with Gasteiger partial charge < -0.3 is 20.2 Å². The summed E-state index contributed by atoms with van der Waals surface area (Å²) in [6.45, 7) is 4.79. The fourth-order valence-corrected chi connectivity index (χ4v) is 1.52. The molecule has 0 saturated carbocycles. The maximum Gasteiger partial charge on any atom is 0.326 e. The highest BCUT2D eigenvalue weighted by atomic mass is 16.4. The van der Waals surface area contributed by atoms with E-state index in [0.29, 0.717) is 0 Å². The molecule has 20 heavy (non-hydrogen) atoms. The number of carboxylic acid groups (broad SMARTS) is 1. The van der Waals surface area contributed by atoms with Crippen molar-refractivity contribution in [2.24, 2.45) is 5.41 Å². The first-order chi connectivity index (χ1) is 9.21. The molecule has 3 N–H and O–H groups in total. The smallest absolute Gasteiger partial charge is 0.326 e. The largest absolute Gasteiger partial charge is 0.480 e. The molecule has 0 radical (unpaired) electrons. The Bertz CT molecular complexity index is 487. The van der Waals surface area contributed by atoms with Crippen molar-refractivity contribution in [3.05, 3.63) is 24.2 Å². The second kappa shape index (κ2) is 6.23. The van der Waals surface area contributed by atoms with E-state index in [9.17, 15) is 14.4 Å². The number of hydrogen-bond donors (Lipinski definition) is 3. The Hall–Kier alpha value is -2.31. The van der Waals surface area contributed by atoms with E-state index in [2.05, 4.69) is 10.6 Å². The normalized spacial score (nSPS) is 12.6. The first kappa shape index (κ1) is 15.7. The summed E-state index contributed by atoms with van der Waals surface area (Å²) >= 11 is 0. The van der Waals surface area contributed by atoms with Gasteiger partial charge in [-0.1, -0.05) is 20.8 Å². The molecule has 1 rings (SSSR count). The van der Waals surface area contributed by atoms with E-state index in [1.807, 2.05) is 0 Å². The zero-order valence-corrected chi connectivity index (χ0v) is 11.6. The number of carbonyl (C=O) groups is 3. The van der Waals surface area contributed by atoms with Crippen LogP contribution in [0.3, 0.4) is 0 Å². The van der Waals surface area contributed by atoms with Gasteiger partial charge in [0.05, 0.1) is 12.8 Å². The summed E-state index contributed by atoms with van der Waals surface area (Å²) in [6.07, 6.45) is 1.34. The van der Waals surface area contributed by atoms with Gasteiger partial charge in [0.25, 0.3) is 5.91 Å². The number of nitrogens with one attached hydrogen (secondary N) is 2. The molecular weight excluding hydrogens is 264 g/mol. The van der Waals surface area contributed by atoms with Crippen LogP contribution in [0, 0.1) is 5.41 Å². The van der Waals surface area contributed by atoms with Crippen LogP contribution < -0.4 is 10.6 Å². The third-order valence-corrected chi connectivity index (χ3v) is 2.57. The van der Waals surface area contributed by atoms with Gasteiger partial charge in [-0.3, -0.25) is 9.59 Å². The van der Waals surface area contributed by atoms with Crippen LogP contribution in [0.15, 0.2) is 22.8 Å². The van der Waals surface area contributed by atoms with Crippen LogP contribution in [0.25, 0.3) is 0 Å². The molecule has 1 unspecified atom stereocenters. The van der Waals surface area contributed by atoms with Gasteiger partial charge in [0.1, 0.15) is 6.04 Å². The van der Waals surface area contributed by atoms with Gasteiger partial charge in [0, 0.05) is 0 Å². The van der Waals surface area contributed by atoms with Crippen molar-refractivity contribution in [1.29, 1.82) is 0 Å². The molecule has 7 heteroatoms. The molecule has 110 valence electrons. The van der Waals surface area contributed by atoms with Crippen molar-refractivity contribution < 1.29 is 23.9 Å². The average Bonchev–Trinajstić information content (AvgIpc) is 2.84. The molecule has 1 aromatic rings. The van der Waals surface area contributed by atoms with Gasteiger partial charge in [0.2, 0.25) is 5.91 Å². The van der Waals surface area contributed by atoms with Gasteiger partial charge in [0.15, 0.2) is 5.76 Å². The summed E-state index contributed by atoms with van der Waals surface area (Å²) in [6, 6.07) is 1.98. The molecule has 0 aliphatic carbocycles. The number of carbonyl (C=O) groups excluding carboxylic acids is 2. The number of amides is 2. The predicted octanol–water partition coefficient (Wildman–Crippen LogP) is 0.625. The van der Waals surface area contributed by atoms with E-state index in [4.69, 9.17) is 9.52 Å². The maximum absolute atomic E-state index is 11.7. The molecule has 0 aromatic carbocycles. The molecule has 0 aliphatic heterocycles. The summed E-state index contributed by atoms with van der Waals surface area (Å²) in [4.78, 5) is 34.3. The average molecular weight is 282 g/mol. The van der Waals surface area contributed by atoms with Crippen LogP contribution in [0.4, 0.5) is 0 Å². The van der Waals surface area contributed by atoms with Crippen LogP contribution in [0.5, 0.6) is 0 Å². The van der Waals surface area contributed by atoms with Crippen LogP contribution in [-0.2, 0) is 9.59 Å². The van der Waals surface area contributed by atoms with Crippen molar-refractivity contribution >= 4 is 17.8 Å². The van der Waals surface area contributed by atoms with Gasteiger partial charge in [-0.05, 0) is 17.5 Å². The van der Waals surface area contributed by atoms with Gasteiger partial charge >= 0.3 is 5.97 Å². The Morgan fingerprint density at radius 3 is 2.45 bits per heavy atom. The zero-order valence-electron chi connectivity index (χ0n) is 11.6. The Morgan fingerprint density at radius 2 is 2.00 bits per heavy atom. The third-order valence-electron chi connectivity index (χ3n) is 2.57. The lowest BCUT2D eigenvalue weighted by Gasteiger charge is -2.27. The molecule has 0 spiro atoms. The van der Waals surface area contributed by atoms with Crippen molar-refractivity contribution in [3.63, 3.8) is 0 Å². The lowest BCUT2D eigenvalue weighted by atomic mass is 9.87. The van der Waals surface area contributed by atoms with Gasteiger partial charge in [-0.25, -0.2) is 4.79 Å². The fourth-order valence-electron chi connectivity index (χ4n) is 1.52. The minimum absolute atomic E-state index is 0.0865. The Kier molecular flexibility index (Phi) is 4.90. The van der Waals surface area contributed by atoms with E-state index in [1.54, 1.807) is 26.8 Å². The zero-order chi connectivity index (χ0) is 15.3. The van der Waals surface area contributed by atoms with Crippen LogP contribution in [0.2, 0.25) is 0 Å². The van der Waals surface area contributed by atoms with Crippen molar-refractivity contribution in [3.8, 4) is 0 Å². The minimum Gasteiger partial charge on any atom is -0.480 e. The van der Waals surface area contributed by atoms with E-state index >= 15 is 0 Å². The van der Waals surface area contributed by atoms with Crippen LogP contribution >= 0.6 is 0 Å². The lowest BCUT2D eigenvalue weighted by Crippen LogP contribution is -2.51. The Balaban J connectivity index is 2.51. The number of rotatable bonds is 5. The molecule has 1 atom stereocenters. The highest BCUT2D eigenvalue weighted by molar-refractivity contribution is 5.94. The molecule has 2 amide bonds. The summed E-state index contributed by atoms with van der Waals surface area (Å²) in [7, 11) is 0. The summed E-state index contributed by atoms with van der Waals surface area (Å²) in [5.74, 6) is -2.15. The number of furan rings is 1. The molecule has 1 aromatic heterocycles. The molecule has 0 fully saturated rings. The molecule has 7 nitrogen and oxygen atoms in total. The molecular formula is C13H18N2O5. The molecule has 1 heterocycles. The first-order valence-electron chi connectivity index (χ1n) is 6.05. The lowest BCUT2D eigenvalue weighted by molar-refractivity contribution is -0.144. The van der Waals surface area contributed by atoms with Gasteiger partial charge in [-0.15, -0.1) is 0 Å². The van der Waals surface area contributed by atoms with E-state index < -0.39 is 29.2 Å². The predicted molar refractivity (Wildman–Crippen MR) is 70.1 cm³/mol. The molecule has 0 bridgehead atoms. The quantitative estimate of drug-likeness (QED) is 0.733. The minimum atomic E-state index is -1.12. The number of aliphatic carboxylic acids is 1. The standard InChI is InChI=1S/C13H18N2O5/c1-13(2,3)10(12(18)19)15-9(16)7-14-11(17)8-5-4-6-20-8/h4-6,10H,7H2,1-3H3,(H,14,17)(H,15,16)(H,18,19). The van der Waals surface area contributed by atoms with E-state index in [-0.39, 0.29) is 12.3 Å². The topological polar surface area (TPSA) is 109 Å². The highest BCUT2D eigenvalue weighted by Crippen LogP contribution is 2.19. The molecule has 0 saturated heterocycles. The molecule has 0 aliphatic rings. The van der Waals surface area contributed by atoms with Crippen molar-refractivity contribution in [1.82, 2.24) is 10.6 Å². The summed E-state index contributed by atoms with van der Waals surface area (Å²) < 4.78 is 4.86. The summed E-state index contributed by atoms with van der Waals surface area (Å²) in [5, 5.41) is 13.8. The fraction of sp³-hybridized carbons (Fsp3) is 0.462. The van der Waals surface area contributed by atoms with E-state index in [0.717, 1.165) is 0 Å². The Morgan fingerprint density at radius 1 is 1.35 bits per heavy atom. The van der Waals surface area contributed by atoms with Crippen molar-refractivity contribution in [2.45, 2.75) is 26.8 Å². The van der Waals surface area contributed by atoms with Gasteiger partial charge in [-0.2, -0.15) is 0 Å². The highest BCUT2D eigenvalue weighted by Gasteiger charge is 2.32. The summed E-state index contributed by atoms with van der Waals surface area (Å²) in [5.41, 5.74) is -0.632. The number of carboxylic acids is 1. The maximum atomic E-state index is 11.7. The van der Waals surface area contributed by atoms with Crippen LogP contribution in [-0.4, -0.2) is 35.5 Å². The second-order valence-electron chi connectivity index (χ2n) is 5.36. The van der Waals surface area contributed by atoms with Crippen molar-refractivity contribution in [2.75, 3.05) is 6.54 Å². The van der Waals surface area contributed by atoms with E-state index in [1.165, 1.54) is 12.3 Å². The van der Waals surface area contributed by atoms with Crippen LogP contribution in [0.1, 0.15) is 31.3 Å². The third kappa shape index (κ3) is 4.42. The second-order valence-corrected chi connectivity index (χ2v) is 5.36. The SMILES string of the molecule is CC(C)(C)C(NC(=O)CNC(=O)c1ccco1)C(=O)O. The first-order valence-corrected chi connectivity index (χ1v) is 6.05.